The van der Waals surface area contributed by atoms with E-state index in [4.69, 9.17) is 10.00 Å². The number of nitrogens with zero attached hydrogens (tertiary/aromatic N) is 3. The summed E-state index contributed by atoms with van der Waals surface area (Å²) in [4.78, 5) is 45.5. The summed E-state index contributed by atoms with van der Waals surface area (Å²) in [7, 11) is 0. The molecule has 35 heavy (non-hydrogen) atoms. The Hall–Kier alpha value is -4.65. The minimum Gasteiger partial charge on any atom is -0.422 e. The van der Waals surface area contributed by atoms with Crippen molar-refractivity contribution in [2.24, 2.45) is 0 Å². The first-order valence-corrected chi connectivity index (χ1v) is 10.8. The summed E-state index contributed by atoms with van der Waals surface area (Å²) < 4.78 is 20.5. The number of nitrogens with one attached hydrogen (secondary N) is 2. The van der Waals surface area contributed by atoms with E-state index in [1.807, 2.05) is 6.07 Å². The molecule has 1 saturated carbocycles. The molecule has 1 aliphatic carbocycles. The topological polar surface area (TPSA) is 134 Å². The lowest BCUT2D eigenvalue weighted by atomic mass is 10.00. The zero-order valence-corrected chi connectivity index (χ0v) is 18.6. The van der Waals surface area contributed by atoms with Gasteiger partial charge in [-0.05, 0) is 42.8 Å². The highest BCUT2D eigenvalue weighted by atomic mass is 19.1. The molecule has 2 amide bonds. The summed E-state index contributed by atoms with van der Waals surface area (Å²) in [5, 5.41) is 14.1. The predicted octanol–water partition coefficient (Wildman–Crippen LogP) is 3.98. The van der Waals surface area contributed by atoms with Crippen molar-refractivity contribution in [3.63, 3.8) is 0 Å². The number of halogens is 1. The highest BCUT2D eigenvalue weighted by molar-refractivity contribution is 6.01. The Morgan fingerprint density at radius 2 is 2.03 bits per heavy atom. The number of amides is 2. The maximum atomic E-state index is 15.0. The van der Waals surface area contributed by atoms with Crippen LogP contribution in [0.25, 0.3) is 0 Å². The minimum atomic E-state index is -0.773. The van der Waals surface area contributed by atoms with E-state index in [0.717, 1.165) is 6.07 Å². The first kappa shape index (κ1) is 23.5. The van der Waals surface area contributed by atoms with Gasteiger partial charge in [-0.15, -0.1) is 0 Å². The molecule has 0 spiro atoms. The van der Waals surface area contributed by atoms with Crippen LogP contribution in [0.3, 0.4) is 0 Å². The van der Waals surface area contributed by atoms with Gasteiger partial charge < -0.3 is 10.1 Å². The molecule has 1 fully saturated rings. The van der Waals surface area contributed by atoms with E-state index in [1.165, 1.54) is 42.9 Å². The summed E-state index contributed by atoms with van der Waals surface area (Å²) >= 11 is 0. The van der Waals surface area contributed by atoms with Gasteiger partial charge in [-0.2, -0.15) is 5.26 Å². The highest BCUT2D eigenvalue weighted by Crippen LogP contribution is 2.47. The Balaban J connectivity index is 1.55. The molecule has 2 heterocycles. The van der Waals surface area contributed by atoms with Gasteiger partial charge in [0.15, 0.2) is 5.78 Å². The number of pyridine rings is 2. The number of urea groups is 1. The average Bonchev–Trinajstić information content (AvgIpc) is 3.62. The lowest BCUT2D eigenvalue weighted by molar-refractivity contribution is 0.0729. The Kier molecular flexibility index (Phi) is 6.78. The van der Waals surface area contributed by atoms with Crippen molar-refractivity contribution in [2.45, 2.75) is 31.7 Å². The second kappa shape index (κ2) is 10.1. The number of ether oxygens (including phenoxy) is 1. The molecule has 10 heteroatoms. The first-order valence-electron chi connectivity index (χ1n) is 10.8. The van der Waals surface area contributed by atoms with Crippen LogP contribution in [0.15, 0.2) is 55.0 Å². The number of rotatable bonds is 7. The number of benzene rings is 1. The van der Waals surface area contributed by atoms with Crippen LogP contribution in [0.2, 0.25) is 0 Å². The van der Waals surface area contributed by atoms with Gasteiger partial charge in [0.05, 0.1) is 16.7 Å². The maximum absolute atomic E-state index is 15.0. The summed E-state index contributed by atoms with van der Waals surface area (Å²) in [5.41, 5.74) is 0.655. The molecule has 0 saturated heterocycles. The summed E-state index contributed by atoms with van der Waals surface area (Å²) in [6, 6.07) is 9.43. The third-order valence-electron chi connectivity index (χ3n) is 5.47. The second-order valence-corrected chi connectivity index (χ2v) is 7.84. The Labute approximate surface area is 200 Å². The number of ketones is 1. The van der Waals surface area contributed by atoms with Gasteiger partial charge in [0.25, 0.3) is 0 Å². The van der Waals surface area contributed by atoms with Crippen LogP contribution in [-0.2, 0) is 0 Å². The quantitative estimate of drug-likeness (QED) is 0.301. The third kappa shape index (κ3) is 5.30. The molecule has 0 radical (unpaired) electrons. The smallest absolute Gasteiger partial charge is 0.345 e. The van der Waals surface area contributed by atoms with E-state index in [0.29, 0.717) is 12.0 Å². The van der Waals surface area contributed by atoms with Crippen LogP contribution in [0.1, 0.15) is 57.5 Å². The van der Waals surface area contributed by atoms with Gasteiger partial charge in [-0.3, -0.25) is 15.1 Å². The number of anilines is 1. The van der Waals surface area contributed by atoms with Crippen molar-refractivity contribution < 1.29 is 23.5 Å². The van der Waals surface area contributed by atoms with Crippen molar-refractivity contribution in [1.82, 2.24) is 15.3 Å². The molecule has 1 aliphatic rings. The number of carbonyl (C=O) groups is 3. The molecule has 2 N–H and O–H groups in total. The van der Waals surface area contributed by atoms with Gasteiger partial charge in [0.2, 0.25) is 0 Å². The molecular weight excluding hydrogens is 453 g/mol. The van der Waals surface area contributed by atoms with Crippen LogP contribution in [0, 0.1) is 17.1 Å². The highest BCUT2D eigenvalue weighted by Gasteiger charge is 2.44. The molecule has 2 aromatic heterocycles. The van der Waals surface area contributed by atoms with Gasteiger partial charge >= 0.3 is 12.0 Å². The summed E-state index contributed by atoms with van der Waals surface area (Å²) in [6.45, 7) is 1.65. The van der Waals surface area contributed by atoms with Gasteiger partial charge in [0.1, 0.15) is 23.5 Å². The normalized spacial score (nSPS) is 16.0. The molecule has 0 bridgehead atoms. The number of esters is 1. The molecule has 2 atom stereocenters. The van der Waals surface area contributed by atoms with E-state index in [1.54, 1.807) is 13.0 Å². The number of carbonyl (C=O) groups excluding carboxylic acids is 3. The zero-order chi connectivity index (χ0) is 24.9. The van der Waals surface area contributed by atoms with Gasteiger partial charge in [-0.1, -0.05) is 6.92 Å². The minimum absolute atomic E-state index is 0.0586. The van der Waals surface area contributed by atoms with E-state index in [9.17, 15) is 18.8 Å². The monoisotopic (exact) mass is 473 g/mol. The van der Waals surface area contributed by atoms with Crippen LogP contribution in [0.4, 0.5) is 15.0 Å². The maximum Gasteiger partial charge on any atom is 0.345 e. The Bertz CT molecular complexity index is 1320. The van der Waals surface area contributed by atoms with Crippen LogP contribution in [0.5, 0.6) is 5.75 Å². The molecule has 0 aliphatic heterocycles. The molecule has 176 valence electrons. The molecule has 9 nitrogen and oxygen atoms in total. The number of Topliss-reactive ketones (excluding diaryl/α,β-unsaturated/α-hetero) is 1. The average molecular weight is 473 g/mol. The standard InChI is InChI=1S/C25H20FN5O4/c1-2-20(32)16-6-7-18(26)22(23(16)35-24(33)15-4-3-9-28-13-15)17-10-19(17)30-25(34)31-21-8-5-14(11-27)12-29-21/h3-9,12-13,17,19H,2,10H2,1H3,(H2,29,30,31,34). The van der Waals surface area contributed by atoms with Crippen molar-refractivity contribution in [1.29, 1.82) is 5.26 Å². The fraction of sp³-hybridized carbons (Fsp3) is 0.200. The van der Waals surface area contributed by atoms with Crippen molar-refractivity contribution in [3.05, 3.63) is 83.1 Å². The second-order valence-electron chi connectivity index (χ2n) is 7.84. The van der Waals surface area contributed by atoms with E-state index in [-0.39, 0.29) is 40.5 Å². The van der Waals surface area contributed by atoms with Crippen molar-refractivity contribution in [3.8, 4) is 11.8 Å². The number of aromatic nitrogens is 2. The number of hydrogen-bond donors (Lipinski definition) is 2. The predicted molar refractivity (Wildman–Crippen MR) is 122 cm³/mol. The van der Waals surface area contributed by atoms with Crippen LogP contribution < -0.4 is 15.4 Å². The molecule has 4 rings (SSSR count). The molecule has 1 aromatic carbocycles. The number of nitriles is 1. The molecular formula is C25H20FN5O4. The SMILES string of the molecule is CCC(=O)c1ccc(F)c(C2CC2NC(=O)Nc2ccc(C#N)cn2)c1OC(=O)c1cccnc1. The summed E-state index contributed by atoms with van der Waals surface area (Å²) in [6.07, 6.45) is 4.65. The fourth-order valence-electron chi connectivity index (χ4n) is 3.60. The van der Waals surface area contributed by atoms with Crippen LogP contribution >= 0.6 is 0 Å². The van der Waals surface area contributed by atoms with Crippen molar-refractivity contribution in [2.75, 3.05) is 5.32 Å². The largest absolute Gasteiger partial charge is 0.422 e. The lowest BCUT2D eigenvalue weighted by Gasteiger charge is -2.15. The Morgan fingerprint density at radius 1 is 1.20 bits per heavy atom. The third-order valence-corrected chi connectivity index (χ3v) is 5.47. The van der Waals surface area contributed by atoms with E-state index in [2.05, 4.69) is 20.6 Å². The molecule has 2 unspecified atom stereocenters. The Morgan fingerprint density at radius 3 is 2.69 bits per heavy atom. The number of hydrogen-bond acceptors (Lipinski definition) is 7. The van der Waals surface area contributed by atoms with Crippen molar-refractivity contribution >= 4 is 23.6 Å². The summed E-state index contributed by atoms with van der Waals surface area (Å²) in [5.74, 6) is -2.13. The fourth-order valence-corrected chi connectivity index (χ4v) is 3.60. The van der Waals surface area contributed by atoms with E-state index < -0.39 is 29.8 Å². The van der Waals surface area contributed by atoms with E-state index >= 15 is 0 Å². The zero-order valence-electron chi connectivity index (χ0n) is 18.6. The van der Waals surface area contributed by atoms with Crippen LogP contribution in [-0.4, -0.2) is 33.8 Å². The lowest BCUT2D eigenvalue weighted by Crippen LogP contribution is -2.31. The van der Waals surface area contributed by atoms with Gasteiger partial charge in [-0.25, -0.2) is 19.0 Å². The first-order chi connectivity index (χ1) is 16.9. The van der Waals surface area contributed by atoms with Gasteiger partial charge in [0, 0.05) is 42.5 Å². The molecule has 3 aromatic rings.